The zero-order chi connectivity index (χ0) is 13.9. The van der Waals surface area contributed by atoms with Gasteiger partial charge in [-0.25, -0.2) is 4.98 Å². The van der Waals surface area contributed by atoms with Crippen LogP contribution >= 0.6 is 11.3 Å². The molecule has 0 aliphatic carbocycles. The van der Waals surface area contributed by atoms with E-state index in [0.717, 1.165) is 22.9 Å². The van der Waals surface area contributed by atoms with Crippen LogP contribution in [0.1, 0.15) is 11.5 Å². The summed E-state index contributed by atoms with van der Waals surface area (Å²) < 4.78 is 11.1. The Morgan fingerprint density at radius 3 is 3.20 bits per heavy atom. The van der Waals surface area contributed by atoms with Crippen molar-refractivity contribution in [1.82, 2.24) is 9.88 Å². The molecule has 1 atom stereocenters. The average molecular weight is 294 g/mol. The van der Waals surface area contributed by atoms with E-state index < -0.39 is 0 Å². The number of aliphatic hydroxyl groups is 1. The summed E-state index contributed by atoms with van der Waals surface area (Å²) >= 11 is 1.62. The van der Waals surface area contributed by atoms with Gasteiger partial charge in [-0.1, -0.05) is 6.07 Å². The van der Waals surface area contributed by atoms with Gasteiger partial charge in [0, 0.05) is 13.1 Å². The Balaban J connectivity index is 1.77. The van der Waals surface area contributed by atoms with Gasteiger partial charge < -0.3 is 14.3 Å². The van der Waals surface area contributed by atoms with Crippen LogP contribution in [0.25, 0.3) is 10.8 Å². The Labute approximate surface area is 121 Å². The number of ether oxygens (including phenoxy) is 1. The molecule has 0 bridgehead atoms. The standard InChI is InChI=1S/C14H18N2O3S/c1-10-12(7-16-4-5-18-9-11(16)8-17)15-14(19-10)13-3-2-6-20-13/h2-3,6,11,17H,4-5,7-9H2,1H3. The van der Waals surface area contributed by atoms with E-state index in [1.165, 1.54) is 0 Å². The van der Waals surface area contributed by atoms with Crippen molar-refractivity contribution in [3.8, 4) is 10.8 Å². The molecule has 1 aliphatic rings. The first kappa shape index (κ1) is 13.8. The van der Waals surface area contributed by atoms with Gasteiger partial charge in [-0.05, 0) is 18.4 Å². The van der Waals surface area contributed by atoms with Crippen molar-refractivity contribution >= 4 is 11.3 Å². The highest BCUT2D eigenvalue weighted by Crippen LogP contribution is 2.26. The van der Waals surface area contributed by atoms with Gasteiger partial charge >= 0.3 is 0 Å². The third-order valence-corrected chi connectivity index (χ3v) is 4.40. The highest BCUT2D eigenvalue weighted by Gasteiger charge is 2.24. The van der Waals surface area contributed by atoms with Gasteiger partial charge in [-0.15, -0.1) is 11.3 Å². The summed E-state index contributed by atoms with van der Waals surface area (Å²) in [5.74, 6) is 1.53. The van der Waals surface area contributed by atoms with Crippen LogP contribution in [0.5, 0.6) is 0 Å². The third kappa shape index (κ3) is 2.78. The van der Waals surface area contributed by atoms with E-state index in [9.17, 15) is 5.11 Å². The predicted octanol–water partition coefficient (Wildman–Crippen LogP) is 1.90. The van der Waals surface area contributed by atoms with Gasteiger partial charge in [0.15, 0.2) is 0 Å². The van der Waals surface area contributed by atoms with Crippen molar-refractivity contribution in [2.24, 2.45) is 0 Å². The molecule has 1 fully saturated rings. The summed E-state index contributed by atoms with van der Waals surface area (Å²) in [5.41, 5.74) is 0.939. The molecule has 2 aromatic rings. The second kappa shape index (κ2) is 6.05. The van der Waals surface area contributed by atoms with Gasteiger partial charge in [0.1, 0.15) is 5.76 Å². The second-order valence-electron chi connectivity index (χ2n) is 4.88. The lowest BCUT2D eigenvalue weighted by Crippen LogP contribution is -2.46. The highest BCUT2D eigenvalue weighted by atomic mass is 32.1. The van der Waals surface area contributed by atoms with Crippen LogP contribution in [0.15, 0.2) is 21.9 Å². The van der Waals surface area contributed by atoms with E-state index in [4.69, 9.17) is 9.15 Å². The summed E-state index contributed by atoms with van der Waals surface area (Å²) in [5, 5.41) is 11.4. The molecular weight excluding hydrogens is 276 g/mol. The summed E-state index contributed by atoms with van der Waals surface area (Å²) in [6.07, 6.45) is 0. The molecule has 2 aromatic heterocycles. The fourth-order valence-electron chi connectivity index (χ4n) is 2.34. The molecule has 1 unspecified atom stereocenters. The van der Waals surface area contributed by atoms with Gasteiger partial charge in [0.25, 0.3) is 0 Å². The smallest absolute Gasteiger partial charge is 0.236 e. The Bertz CT molecular complexity index is 553. The fourth-order valence-corrected chi connectivity index (χ4v) is 2.99. The Hall–Kier alpha value is -1.21. The first-order valence-electron chi connectivity index (χ1n) is 6.70. The number of oxazole rings is 1. The summed E-state index contributed by atoms with van der Waals surface area (Å²) in [6, 6.07) is 4.04. The molecule has 0 spiro atoms. The molecule has 5 nitrogen and oxygen atoms in total. The summed E-state index contributed by atoms with van der Waals surface area (Å²) in [6.45, 7) is 4.82. The van der Waals surface area contributed by atoms with Crippen molar-refractivity contribution in [2.45, 2.75) is 19.5 Å². The van der Waals surface area contributed by atoms with Crippen molar-refractivity contribution in [1.29, 1.82) is 0 Å². The molecule has 0 amide bonds. The molecule has 3 rings (SSSR count). The lowest BCUT2D eigenvalue weighted by atomic mass is 10.2. The van der Waals surface area contributed by atoms with Gasteiger partial charge in [-0.2, -0.15) is 0 Å². The van der Waals surface area contributed by atoms with E-state index in [1.54, 1.807) is 11.3 Å². The van der Waals surface area contributed by atoms with E-state index in [2.05, 4.69) is 9.88 Å². The molecule has 1 aliphatic heterocycles. The first-order valence-corrected chi connectivity index (χ1v) is 7.58. The van der Waals surface area contributed by atoms with Crippen molar-refractivity contribution in [2.75, 3.05) is 26.4 Å². The highest BCUT2D eigenvalue weighted by molar-refractivity contribution is 7.13. The van der Waals surface area contributed by atoms with Crippen LogP contribution in [-0.4, -0.2) is 47.4 Å². The summed E-state index contributed by atoms with van der Waals surface area (Å²) in [4.78, 5) is 7.84. The molecule has 0 saturated carbocycles. The molecule has 1 saturated heterocycles. The quantitative estimate of drug-likeness (QED) is 0.933. The summed E-state index contributed by atoms with van der Waals surface area (Å²) in [7, 11) is 0. The number of nitrogens with zero attached hydrogens (tertiary/aromatic N) is 2. The third-order valence-electron chi connectivity index (χ3n) is 3.54. The number of hydrogen-bond donors (Lipinski definition) is 1. The fraction of sp³-hybridized carbons (Fsp3) is 0.500. The van der Waals surface area contributed by atoms with Gasteiger partial charge in [-0.3, -0.25) is 4.90 Å². The van der Waals surface area contributed by atoms with E-state index in [0.29, 0.717) is 25.6 Å². The maximum absolute atomic E-state index is 9.40. The van der Waals surface area contributed by atoms with Crippen molar-refractivity contribution in [3.63, 3.8) is 0 Å². The molecule has 3 heterocycles. The van der Waals surface area contributed by atoms with Crippen LogP contribution in [0.3, 0.4) is 0 Å². The minimum absolute atomic E-state index is 0.0463. The topological polar surface area (TPSA) is 58.7 Å². The number of thiophene rings is 1. The molecule has 20 heavy (non-hydrogen) atoms. The van der Waals surface area contributed by atoms with Crippen LogP contribution in [0, 0.1) is 6.92 Å². The first-order chi connectivity index (χ1) is 9.78. The number of aromatic nitrogens is 1. The van der Waals surface area contributed by atoms with Crippen LogP contribution in [0.2, 0.25) is 0 Å². The minimum Gasteiger partial charge on any atom is -0.440 e. The number of rotatable bonds is 4. The largest absolute Gasteiger partial charge is 0.440 e. The SMILES string of the molecule is Cc1oc(-c2cccs2)nc1CN1CCOCC1CO. The average Bonchev–Trinajstić information content (AvgIpc) is 3.10. The Morgan fingerprint density at radius 1 is 1.55 bits per heavy atom. The zero-order valence-electron chi connectivity index (χ0n) is 11.4. The molecule has 1 N–H and O–H groups in total. The molecule has 108 valence electrons. The number of hydrogen-bond acceptors (Lipinski definition) is 6. The minimum atomic E-state index is 0.0463. The zero-order valence-corrected chi connectivity index (χ0v) is 12.2. The Kier molecular flexibility index (Phi) is 4.16. The van der Waals surface area contributed by atoms with Crippen LogP contribution < -0.4 is 0 Å². The van der Waals surface area contributed by atoms with Gasteiger partial charge in [0.05, 0.1) is 36.4 Å². The normalized spacial score (nSPS) is 20.4. The van der Waals surface area contributed by atoms with E-state index >= 15 is 0 Å². The number of aryl methyl sites for hydroxylation is 1. The molecule has 0 radical (unpaired) electrons. The molecule has 6 heteroatoms. The van der Waals surface area contributed by atoms with E-state index in [1.807, 2.05) is 24.4 Å². The van der Waals surface area contributed by atoms with Crippen molar-refractivity contribution in [3.05, 3.63) is 29.0 Å². The monoisotopic (exact) mass is 294 g/mol. The maximum atomic E-state index is 9.40. The second-order valence-corrected chi connectivity index (χ2v) is 5.83. The van der Waals surface area contributed by atoms with Crippen LogP contribution in [-0.2, 0) is 11.3 Å². The van der Waals surface area contributed by atoms with Crippen molar-refractivity contribution < 1.29 is 14.3 Å². The van der Waals surface area contributed by atoms with Crippen LogP contribution in [0.4, 0.5) is 0 Å². The number of morpholine rings is 1. The van der Waals surface area contributed by atoms with Gasteiger partial charge in [0.2, 0.25) is 5.89 Å². The maximum Gasteiger partial charge on any atom is 0.236 e. The molecule has 0 aromatic carbocycles. The Morgan fingerprint density at radius 2 is 2.45 bits per heavy atom. The lowest BCUT2D eigenvalue weighted by Gasteiger charge is -2.33. The number of aliphatic hydroxyl groups excluding tert-OH is 1. The lowest BCUT2D eigenvalue weighted by molar-refractivity contribution is -0.0318. The molecular formula is C14H18N2O3S. The predicted molar refractivity (Wildman–Crippen MR) is 76.7 cm³/mol. The van der Waals surface area contributed by atoms with E-state index in [-0.39, 0.29) is 12.6 Å².